The molecule has 54 valence electrons. The van der Waals surface area contributed by atoms with Crippen molar-refractivity contribution in [2.24, 2.45) is 0 Å². The second-order valence-corrected chi connectivity index (χ2v) is 5.09. The molecule has 0 bridgehead atoms. The van der Waals surface area contributed by atoms with Crippen LogP contribution in [0.2, 0.25) is 0 Å². The highest BCUT2D eigenvalue weighted by molar-refractivity contribution is 9.12. The van der Waals surface area contributed by atoms with E-state index < -0.39 is 0 Å². The normalized spacial score (nSPS) is 26.0. The van der Waals surface area contributed by atoms with Crippen molar-refractivity contribution in [2.75, 3.05) is 5.33 Å². The van der Waals surface area contributed by atoms with Crippen molar-refractivity contribution < 1.29 is 0 Å². The quantitative estimate of drug-likeness (QED) is 0.630. The molecule has 0 radical (unpaired) electrons. The molecule has 1 aliphatic carbocycles. The summed E-state index contributed by atoms with van der Waals surface area (Å²) in [5.41, 5.74) is 0. The second-order valence-electron chi connectivity index (χ2n) is 2.85. The Balaban J connectivity index is 2.37. The van der Waals surface area contributed by atoms with Gasteiger partial charge in [0.25, 0.3) is 0 Å². The van der Waals surface area contributed by atoms with Crippen molar-refractivity contribution in [1.82, 2.24) is 0 Å². The summed E-state index contributed by atoms with van der Waals surface area (Å²) < 4.78 is 0.450. The lowest BCUT2D eigenvalue weighted by Crippen LogP contribution is -2.25. The molecule has 0 aromatic rings. The molecule has 0 atom stereocenters. The first-order valence-electron chi connectivity index (χ1n) is 3.52. The minimum atomic E-state index is 0.450. The first kappa shape index (κ1) is 8.06. The van der Waals surface area contributed by atoms with Gasteiger partial charge in [-0.15, -0.1) is 0 Å². The number of alkyl halides is 2. The highest BCUT2D eigenvalue weighted by Gasteiger charge is 2.26. The Morgan fingerprint density at radius 2 is 1.67 bits per heavy atom. The van der Waals surface area contributed by atoms with E-state index in [1.54, 1.807) is 0 Å². The molecule has 0 N–H and O–H groups in total. The summed E-state index contributed by atoms with van der Waals surface area (Å²) in [5, 5.41) is 1.11. The van der Waals surface area contributed by atoms with Gasteiger partial charge in [-0.1, -0.05) is 51.1 Å². The molecule has 9 heavy (non-hydrogen) atoms. The molecule has 0 heterocycles. The van der Waals surface area contributed by atoms with E-state index in [4.69, 9.17) is 0 Å². The van der Waals surface area contributed by atoms with Crippen molar-refractivity contribution in [3.05, 3.63) is 0 Å². The number of rotatable bonds is 1. The third kappa shape index (κ3) is 2.23. The molecule has 0 amide bonds. The molecular weight excluding hydrogens is 244 g/mol. The van der Waals surface area contributed by atoms with Crippen molar-refractivity contribution in [1.29, 1.82) is 0 Å². The fourth-order valence-corrected chi connectivity index (χ4v) is 2.44. The van der Waals surface area contributed by atoms with Crippen LogP contribution in [0.25, 0.3) is 0 Å². The SMILES string of the molecule is BrCC1(Br)CCCCC1. The Morgan fingerprint density at radius 1 is 1.11 bits per heavy atom. The maximum atomic E-state index is 3.75. The van der Waals surface area contributed by atoms with Gasteiger partial charge in [-0.05, 0) is 12.8 Å². The third-order valence-corrected chi connectivity index (χ3v) is 4.89. The van der Waals surface area contributed by atoms with E-state index in [-0.39, 0.29) is 0 Å². The van der Waals surface area contributed by atoms with E-state index in [1.165, 1.54) is 32.1 Å². The summed E-state index contributed by atoms with van der Waals surface area (Å²) in [5.74, 6) is 0. The van der Waals surface area contributed by atoms with Gasteiger partial charge in [0.05, 0.1) is 0 Å². The lowest BCUT2D eigenvalue weighted by Gasteiger charge is -2.29. The Bertz CT molecular complexity index is 84.9. The summed E-state index contributed by atoms with van der Waals surface area (Å²) >= 11 is 7.27. The maximum Gasteiger partial charge on any atom is 0.0354 e. The van der Waals surface area contributed by atoms with Gasteiger partial charge in [-0.3, -0.25) is 0 Å². The summed E-state index contributed by atoms with van der Waals surface area (Å²) in [6.45, 7) is 0. The molecular formula is C7H12Br2. The number of halogens is 2. The molecule has 0 saturated heterocycles. The second kappa shape index (κ2) is 3.38. The summed E-state index contributed by atoms with van der Waals surface area (Å²) in [4.78, 5) is 0. The van der Waals surface area contributed by atoms with Gasteiger partial charge in [0.15, 0.2) is 0 Å². The number of hydrogen-bond donors (Lipinski definition) is 0. The van der Waals surface area contributed by atoms with E-state index >= 15 is 0 Å². The Hall–Kier alpha value is 0.960. The molecule has 0 unspecified atom stereocenters. The first-order valence-corrected chi connectivity index (χ1v) is 5.43. The molecule has 1 rings (SSSR count). The van der Waals surface area contributed by atoms with E-state index in [1.807, 2.05) is 0 Å². The van der Waals surface area contributed by atoms with Crippen molar-refractivity contribution >= 4 is 31.9 Å². The van der Waals surface area contributed by atoms with Crippen LogP contribution < -0.4 is 0 Å². The zero-order chi connectivity index (χ0) is 6.74. The van der Waals surface area contributed by atoms with Crippen LogP contribution in [0, 0.1) is 0 Å². The average Bonchev–Trinajstić information content (AvgIpc) is 1.90. The van der Waals surface area contributed by atoms with Gasteiger partial charge in [0.1, 0.15) is 0 Å². The van der Waals surface area contributed by atoms with E-state index in [9.17, 15) is 0 Å². The predicted molar refractivity (Wildman–Crippen MR) is 48.5 cm³/mol. The van der Waals surface area contributed by atoms with Crippen molar-refractivity contribution in [3.63, 3.8) is 0 Å². The van der Waals surface area contributed by atoms with Gasteiger partial charge in [-0.25, -0.2) is 0 Å². The Labute approximate surface area is 73.7 Å². The van der Waals surface area contributed by atoms with Crippen LogP contribution in [0.4, 0.5) is 0 Å². The molecule has 0 nitrogen and oxygen atoms in total. The first-order chi connectivity index (χ1) is 4.27. The average molecular weight is 256 g/mol. The fourth-order valence-electron chi connectivity index (χ4n) is 1.32. The fraction of sp³-hybridized carbons (Fsp3) is 1.00. The predicted octanol–water partition coefficient (Wildman–Crippen LogP) is 3.48. The standard InChI is InChI=1S/C7H12Br2/c8-6-7(9)4-2-1-3-5-7/h1-6H2. The van der Waals surface area contributed by atoms with Crippen LogP contribution >= 0.6 is 31.9 Å². The van der Waals surface area contributed by atoms with Gasteiger partial charge in [-0.2, -0.15) is 0 Å². The van der Waals surface area contributed by atoms with Gasteiger partial charge in [0.2, 0.25) is 0 Å². The lowest BCUT2D eigenvalue weighted by molar-refractivity contribution is 0.436. The summed E-state index contributed by atoms with van der Waals surface area (Å²) in [6.07, 6.45) is 6.92. The minimum absolute atomic E-state index is 0.450. The summed E-state index contributed by atoms with van der Waals surface area (Å²) in [7, 11) is 0. The topological polar surface area (TPSA) is 0 Å². The molecule has 0 aromatic carbocycles. The molecule has 2 heteroatoms. The molecule has 0 spiro atoms. The highest BCUT2D eigenvalue weighted by Crippen LogP contribution is 2.36. The Kier molecular flexibility index (Phi) is 3.03. The van der Waals surface area contributed by atoms with Gasteiger partial charge in [0, 0.05) is 9.65 Å². The van der Waals surface area contributed by atoms with E-state index in [0.717, 1.165) is 5.33 Å². The zero-order valence-electron chi connectivity index (χ0n) is 5.50. The van der Waals surface area contributed by atoms with Crippen molar-refractivity contribution in [3.8, 4) is 0 Å². The van der Waals surface area contributed by atoms with Crippen LogP contribution in [-0.4, -0.2) is 9.65 Å². The van der Waals surface area contributed by atoms with Crippen LogP contribution in [-0.2, 0) is 0 Å². The maximum absolute atomic E-state index is 3.75. The monoisotopic (exact) mass is 254 g/mol. The lowest BCUT2D eigenvalue weighted by atomic mass is 9.91. The van der Waals surface area contributed by atoms with Crippen LogP contribution in [0.1, 0.15) is 32.1 Å². The molecule has 0 aromatic heterocycles. The largest absolute Gasteiger partial charge is 0.0913 e. The van der Waals surface area contributed by atoms with Crippen molar-refractivity contribution in [2.45, 2.75) is 36.4 Å². The summed E-state index contributed by atoms with van der Waals surface area (Å²) in [6, 6.07) is 0. The smallest absolute Gasteiger partial charge is 0.0354 e. The molecule has 1 fully saturated rings. The van der Waals surface area contributed by atoms with E-state index in [2.05, 4.69) is 31.9 Å². The minimum Gasteiger partial charge on any atom is -0.0913 e. The van der Waals surface area contributed by atoms with Gasteiger partial charge >= 0.3 is 0 Å². The molecule has 0 aliphatic heterocycles. The van der Waals surface area contributed by atoms with Crippen LogP contribution in [0.5, 0.6) is 0 Å². The van der Waals surface area contributed by atoms with E-state index in [0.29, 0.717) is 4.32 Å². The van der Waals surface area contributed by atoms with Crippen LogP contribution in [0.3, 0.4) is 0 Å². The van der Waals surface area contributed by atoms with Crippen LogP contribution in [0.15, 0.2) is 0 Å². The molecule has 1 saturated carbocycles. The van der Waals surface area contributed by atoms with Gasteiger partial charge < -0.3 is 0 Å². The molecule has 1 aliphatic rings. The Morgan fingerprint density at radius 3 is 2.00 bits per heavy atom. The third-order valence-electron chi connectivity index (χ3n) is 1.99. The zero-order valence-corrected chi connectivity index (χ0v) is 8.67. The number of hydrogen-bond acceptors (Lipinski definition) is 0. The highest BCUT2D eigenvalue weighted by atomic mass is 79.9.